The van der Waals surface area contributed by atoms with Gasteiger partial charge in [0.25, 0.3) is 11.5 Å². The van der Waals surface area contributed by atoms with E-state index >= 15 is 0 Å². The fourth-order valence-electron chi connectivity index (χ4n) is 3.38. The maximum Gasteiger partial charge on any atom is 0.335 e. The Labute approximate surface area is 215 Å². The molecule has 0 aliphatic rings. The van der Waals surface area contributed by atoms with E-state index in [4.69, 9.17) is 9.84 Å². The van der Waals surface area contributed by atoms with Gasteiger partial charge in [0.15, 0.2) is 5.57 Å². The molecule has 0 aliphatic carbocycles. The molecule has 37 heavy (non-hydrogen) atoms. The van der Waals surface area contributed by atoms with Crippen LogP contribution in [0.3, 0.4) is 0 Å². The minimum atomic E-state index is -1.10. The van der Waals surface area contributed by atoms with E-state index in [0.717, 1.165) is 11.3 Å². The fraction of sp³-hybridized carbons (Fsp3) is 0.192. The first-order valence-corrected chi connectivity index (χ1v) is 11.9. The number of amides is 2. The van der Waals surface area contributed by atoms with Gasteiger partial charge in [-0.15, -0.1) is 11.3 Å². The second-order valence-electron chi connectivity index (χ2n) is 7.85. The summed E-state index contributed by atoms with van der Waals surface area (Å²) in [5, 5.41) is 24.1. The highest BCUT2D eigenvalue weighted by Crippen LogP contribution is 2.12. The van der Waals surface area contributed by atoms with Gasteiger partial charge < -0.3 is 20.5 Å². The fourth-order valence-corrected chi connectivity index (χ4v) is 4.50. The number of ether oxygens (including phenoxy) is 1. The van der Waals surface area contributed by atoms with Gasteiger partial charge in [0.1, 0.15) is 10.7 Å². The van der Waals surface area contributed by atoms with Gasteiger partial charge >= 0.3 is 5.97 Å². The summed E-state index contributed by atoms with van der Waals surface area (Å²) < 4.78 is 6.99. The second-order valence-corrected chi connectivity index (χ2v) is 8.88. The van der Waals surface area contributed by atoms with Crippen LogP contribution in [0, 0.1) is 11.3 Å². The van der Waals surface area contributed by atoms with Crippen LogP contribution in [-0.4, -0.2) is 41.2 Å². The third kappa shape index (κ3) is 7.00. The molecule has 1 aromatic heterocycles. The van der Waals surface area contributed by atoms with Crippen LogP contribution in [0.4, 0.5) is 11.4 Å². The Balaban J connectivity index is 2.05. The van der Waals surface area contributed by atoms with Gasteiger partial charge in [-0.1, -0.05) is 12.1 Å². The van der Waals surface area contributed by atoms with E-state index in [1.165, 1.54) is 42.9 Å². The summed E-state index contributed by atoms with van der Waals surface area (Å²) >= 11 is 1.02. The number of anilines is 2. The first-order valence-electron chi connectivity index (χ1n) is 11.1. The molecule has 11 heteroatoms. The Morgan fingerprint density at radius 2 is 1.70 bits per heavy atom. The predicted molar refractivity (Wildman–Crippen MR) is 140 cm³/mol. The molecule has 3 aromatic rings. The quantitative estimate of drug-likeness (QED) is 0.364. The topological polar surface area (TPSA) is 151 Å². The summed E-state index contributed by atoms with van der Waals surface area (Å²) in [4.78, 5) is 48.5. The number of hydrogen-bond donors (Lipinski definition) is 3. The third-order valence-corrected chi connectivity index (χ3v) is 6.24. The number of nitriles is 1. The first kappa shape index (κ1) is 27.1. The van der Waals surface area contributed by atoms with E-state index in [9.17, 15) is 24.4 Å². The number of methoxy groups -OCH3 is 1. The number of carboxylic acids is 1. The molecule has 3 N–H and O–H groups in total. The van der Waals surface area contributed by atoms with Crippen LogP contribution >= 0.6 is 11.3 Å². The molecule has 0 fully saturated rings. The lowest BCUT2D eigenvalue weighted by molar-refractivity contribution is -0.114. The summed E-state index contributed by atoms with van der Waals surface area (Å²) in [5.74, 6) is -2.03. The smallest absolute Gasteiger partial charge is 0.335 e. The molecule has 0 unspecified atom stereocenters. The Kier molecular flexibility index (Phi) is 9.10. The van der Waals surface area contributed by atoms with Crippen LogP contribution in [0.2, 0.25) is 0 Å². The molecular formula is C26H24N4O6S. The van der Waals surface area contributed by atoms with E-state index in [1.807, 2.05) is 6.07 Å². The van der Waals surface area contributed by atoms with Gasteiger partial charge in [-0.2, -0.15) is 5.26 Å². The Bertz CT molecular complexity index is 1530. The van der Waals surface area contributed by atoms with Crippen molar-refractivity contribution in [1.29, 1.82) is 5.26 Å². The highest BCUT2D eigenvalue weighted by Gasteiger charge is 2.16. The molecule has 1 heterocycles. The van der Waals surface area contributed by atoms with Crippen molar-refractivity contribution >= 4 is 52.1 Å². The van der Waals surface area contributed by atoms with Crippen LogP contribution in [0.15, 0.2) is 53.3 Å². The highest BCUT2D eigenvalue weighted by molar-refractivity contribution is 7.07. The minimum Gasteiger partial charge on any atom is -0.478 e. The largest absolute Gasteiger partial charge is 0.478 e. The summed E-state index contributed by atoms with van der Waals surface area (Å²) in [6.07, 6.45) is 2.14. The molecule has 190 valence electrons. The van der Waals surface area contributed by atoms with Crippen LogP contribution in [0.1, 0.15) is 29.3 Å². The van der Waals surface area contributed by atoms with Crippen molar-refractivity contribution in [2.24, 2.45) is 0 Å². The van der Waals surface area contributed by atoms with E-state index in [-0.39, 0.29) is 33.8 Å². The number of rotatable bonds is 9. The highest BCUT2D eigenvalue weighted by atomic mass is 32.1. The molecule has 0 aliphatic heterocycles. The molecule has 0 radical (unpaired) electrons. The molecule has 3 rings (SSSR count). The Morgan fingerprint density at radius 1 is 1.08 bits per heavy atom. The number of carbonyl (C=O) groups is 3. The lowest BCUT2D eigenvalue weighted by Crippen LogP contribution is -2.34. The zero-order chi connectivity index (χ0) is 26.9. The Hall–Kier alpha value is -4.53. The maximum atomic E-state index is 13.2. The number of carbonyl (C=O) groups excluding carboxylic acids is 2. The number of aromatic carboxylic acids is 1. The lowest BCUT2D eigenvalue weighted by Gasteiger charge is -2.06. The molecule has 0 bridgehead atoms. The van der Waals surface area contributed by atoms with Crippen molar-refractivity contribution in [2.75, 3.05) is 24.4 Å². The average Bonchev–Trinajstić information content (AvgIpc) is 3.15. The summed E-state index contributed by atoms with van der Waals surface area (Å²) in [6.45, 7) is 2.03. The van der Waals surface area contributed by atoms with Gasteiger partial charge in [-0.05, 0) is 54.5 Å². The second kappa shape index (κ2) is 12.4. The van der Waals surface area contributed by atoms with Crippen molar-refractivity contribution in [2.45, 2.75) is 19.9 Å². The van der Waals surface area contributed by atoms with Crippen LogP contribution in [-0.2, 0) is 20.9 Å². The molecular weight excluding hydrogens is 496 g/mol. The summed E-state index contributed by atoms with van der Waals surface area (Å²) in [7, 11) is 1.54. The number of thiazole rings is 1. The maximum absolute atomic E-state index is 13.2. The zero-order valence-corrected chi connectivity index (χ0v) is 20.9. The number of nitrogens with zero attached hydrogens (tertiary/aromatic N) is 2. The van der Waals surface area contributed by atoms with Gasteiger partial charge in [-0.25, -0.2) is 4.79 Å². The van der Waals surface area contributed by atoms with Gasteiger partial charge in [0, 0.05) is 38.6 Å². The van der Waals surface area contributed by atoms with Gasteiger partial charge in [-0.3, -0.25) is 19.0 Å². The monoisotopic (exact) mass is 520 g/mol. The van der Waals surface area contributed by atoms with Crippen LogP contribution < -0.4 is 25.4 Å². The number of carboxylic acid groups (broad SMARTS) is 1. The summed E-state index contributed by atoms with van der Waals surface area (Å²) in [5.41, 5.74) is 1.07. The lowest BCUT2D eigenvalue weighted by atomic mass is 10.2. The van der Waals surface area contributed by atoms with Crippen LogP contribution in [0.25, 0.3) is 11.6 Å². The molecule has 0 atom stereocenters. The number of nitrogens with one attached hydrogen (secondary N) is 2. The van der Waals surface area contributed by atoms with E-state index in [2.05, 4.69) is 10.6 Å². The van der Waals surface area contributed by atoms with Crippen molar-refractivity contribution in [3.05, 3.63) is 79.2 Å². The third-order valence-electron chi connectivity index (χ3n) is 5.11. The van der Waals surface area contributed by atoms with E-state index in [1.54, 1.807) is 30.3 Å². The predicted octanol–water partition coefficient (Wildman–Crippen LogP) is 1.74. The molecule has 2 amide bonds. The Morgan fingerprint density at radius 3 is 2.27 bits per heavy atom. The zero-order valence-electron chi connectivity index (χ0n) is 20.1. The molecule has 0 spiro atoms. The minimum absolute atomic E-state index is 0.0537. The molecule has 0 saturated heterocycles. The molecule has 10 nitrogen and oxygen atoms in total. The standard InChI is InChI=1S/C26H24N4O6S/c1-16(31)28-19-8-4-17(5-9-19)14-22-24(33)30(12-3-13-36-2)25(37-22)21(15-27)23(32)29-20-10-6-18(7-11-20)26(34)35/h4-11,14H,3,12-13H2,1-2H3,(H,28,31)(H,29,32)(H,34,35)/b22-14-,25-21-. The van der Waals surface area contributed by atoms with Gasteiger partial charge in [0.05, 0.1) is 10.1 Å². The van der Waals surface area contributed by atoms with Crippen molar-refractivity contribution in [1.82, 2.24) is 4.57 Å². The summed E-state index contributed by atoms with van der Waals surface area (Å²) in [6, 6.07) is 14.3. The van der Waals surface area contributed by atoms with E-state index < -0.39 is 11.9 Å². The number of aromatic nitrogens is 1. The van der Waals surface area contributed by atoms with Crippen molar-refractivity contribution in [3.8, 4) is 6.07 Å². The van der Waals surface area contributed by atoms with E-state index in [0.29, 0.717) is 34.5 Å². The number of benzene rings is 2. The molecule has 0 saturated carbocycles. The van der Waals surface area contributed by atoms with Gasteiger partial charge in [0.2, 0.25) is 5.91 Å². The molecule has 2 aromatic carbocycles. The normalized spacial score (nSPS) is 12.0. The SMILES string of the molecule is COCCCn1c(=O)/c(=C/c2ccc(NC(C)=O)cc2)s/c1=C(/C#N)C(=O)Nc1ccc(C(=O)O)cc1. The van der Waals surface area contributed by atoms with Crippen molar-refractivity contribution in [3.63, 3.8) is 0 Å². The van der Waals surface area contributed by atoms with Crippen molar-refractivity contribution < 1.29 is 24.2 Å². The van der Waals surface area contributed by atoms with Crippen LogP contribution in [0.5, 0.6) is 0 Å². The average molecular weight is 521 g/mol. The number of hydrogen-bond acceptors (Lipinski definition) is 7. The first-order chi connectivity index (χ1) is 17.7.